The lowest BCUT2D eigenvalue weighted by atomic mass is 9.92. The van der Waals surface area contributed by atoms with E-state index in [4.69, 9.17) is 39.8 Å². The molecule has 0 aliphatic carbocycles. The summed E-state index contributed by atoms with van der Waals surface area (Å²) in [7, 11) is 0. The maximum Gasteiger partial charge on any atom is 0.0950 e. The van der Waals surface area contributed by atoms with E-state index in [0.29, 0.717) is 20.8 Å². The number of rotatable bonds is 3. The molecule has 2 atom stereocenters. The molecule has 0 radical (unpaired) electrons. The van der Waals surface area contributed by atoms with E-state index in [0.717, 1.165) is 47.8 Å². The average molecular weight is 422 g/mol. The summed E-state index contributed by atoms with van der Waals surface area (Å²) in [6.07, 6.45) is 2.55. The van der Waals surface area contributed by atoms with E-state index >= 15 is 0 Å². The Morgan fingerprint density at radius 1 is 1.00 bits per heavy atom. The maximum absolute atomic E-state index is 11.1. The highest BCUT2D eigenvalue weighted by atomic mass is 35.5. The molecule has 2 N–H and O–H groups in total. The molecule has 1 aliphatic rings. The van der Waals surface area contributed by atoms with Gasteiger partial charge in [-0.1, -0.05) is 47.3 Å². The van der Waals surface area contributed by atoms with Crippen LogP contribution in [0.15, 0.2) is 42.5 Å². The van der Waals surface area contributed by atoms with Crippen LogP contribution in [0.5, 0.6) is 0 Å². The molecule has 1 fully saturated rings. The maximum atomic E-state index is 11.1. The number of nitrogens with one attached hydrogen (secondary N) is 1. The zero-order chi connectivity index (χ0) is 19.0. The van der Waals surface area contributed by atoms with Crippen LogP contribution in [-0.4, -0.2) is 22.7 Å². The van der Waals surface area contributed by atoms with Crippen molar-refractivity contribution in [1.82, 2.24) is 10.3 Å². The Kier molecular flexibility index (Phi) is 5.58. The average Bonchev–Trinajstić information content (AvgIpc) is 2.67. The summed E-state index contributed by atoms with van der Waals surface area (Å²) in [5.41, 5.74) is 3.03. The van der Waals surface area contributed by atoms with Crippen molar-refractivity contribution in [3.63, 3.8) is 0 Å². The molecule has 2 heterocycles. The van der Waals surface area contributed by atoms with Gasteiger partial charge < -0.3 is 10.4 Å². The fourth-order valence-electron chi connectivity index (χ4n) is 3.67. The molecule has 1 saturated heterocycles. The van der Waals surface area contributed by atoms with Crippen LogP contribution in [0.3, 0.4) is 0 Å². The van der Waals surface area contributed by atoms with Crippen LogP contribution >= 0.6 is 34.8 Å². The number of halogens is 3. The van der Waals surface area contributed by atoms with Crippen LogP contribution < -0.4 is 5.32 Å². The number of hydrogen-bond acceptors (Lipinski definition) is 3. The van der Waals surface area contributed by atoms with Gasteiger partial charge in [0.25, 0.3) is 0 Å². The Labute approximate surface area is 173 Å². The van der Waals surface area contributed by atoms with Gasteiger partial charge in [-0.2, -0.15) is 0 Å². The molecule has 4 rings (SSSR count). The molecule has 1 aliphatic heterocycles. The normalized spacial score (nSPS) is 18.6. The standard InChI is InChI=1S/C21H19Cl3N2O/c22-12-5-7-15(17(24)9-12)20-11-16(21(27)18-3-1-2-8-25-18)14-6-4-13(23)10-19(14)26-20/h4-7,9-11,18,21,25,27H,1-3,8H2. The number of pyridine rings is 1. The van der Waals surface area contributed by atoms with Crippen LogP contribution in [0.25, 0.3) is 22.2 Å². The Hall–Kier alpha value is -1.36. The molecule has 6 heteroatoms. The fourth-order valence-corrected chi connectivity index (χ4v) is 4.35. The van der Waals surface area contributed by atoms with Gasteiger partial charge in [-0.3, -0.25) is 0 Å². The summed E-state index contributed by atoms with van der Waals surface area (Å²) in [5.74, 6) is 0. The summed E-state index contributed by atoms with van der Waals surface area (Å²) in [5, 5.41) is 17.1. The van der Waals surface area contributed by atoms with Gasteiger partial charge in [-0.05, 0) is 61.3 Å². The van der Waals surface area contributed by atoms with Crippen LogP contribution in [0.1, 0.15) is 30.9 Å². The summed E-state index contributed by atoms with van der Waals surface area (Å²) >= 11 is 18.6. The Bertz CT molecular complexity index is 987. The quantitative estimate of drug-likeness (QED) is 0.542. The molecule has 140 valence electrons. The van der Waals surface area contributed by atoms with Crippen molar-refractivity contribution in [2.24, 2.45) is 0 Å². The summed E-state index contributed by atoms with van der Waals surface area (Å²) in [6, 6.07) is 12.8. The number of nitrogens with zero attached hydrogens (tertiary/aromatic N) is 1. The summed E-state index contributed by atoms with van der Waals surface area (Å²) in [4.78, 5) is 4.74. The van der Waals surface area contributed by atoms with Crippen LogP contribution in [0.2, 0.25) is 15.1 Å². The zero-order valence-electron chi connectivity index (χ0n) is 14.6. The number of hydrogen-bond donors (Lipinski definition) is 2. The van der Waals surface area contributed by atoms with Gasteiger partial charge >= 0.3 is 0 Å². The third kappa shape index (κ3) is 3.94. The molecule has 1 aromatic heterocycles. The molecule has 3 nitrogen and oxygen atoms in total. The topological polar surface area (TPSA) is 45.2 Å². The van der Waals surface area contributed by atoms with Crippen molar-refractivity contribution >= 4 is 45.7 Å². The lowest BCUT2D eigenvalue weighted by Gasteiger charge is -2.29. The predicted molar refractivity (Wildman–Crippen MR) is 113 cm³/mol. The van der Waals surface area contributed by atoms with Gasteiger partial charge in [0.05, 0.1) is 22.3 Å². The smallest absolute Gasteiger partial charge is 0.0950 e. The predicted octanol–water partition coefficient (Wildman–Crippen LogP) is 6.04. The van der Waals surface area contributed by atoms with Crippen LogP contribution in [0.4, 0.5) is 0 Å². The zero-order valence-corrected chi connectivity index (χ0v) is 16.8. The highest BCUT2D eigenvalue weighted by molar-refractivity contribution is 6.36. The lowest BCUT2D eigenvalue weighted by molar-refractivity contribution is 0.115. The fraction of sp³-hybridized carbons (Fsp3) is 0.286. The van der Waals surface area contributed by atoms with Gasteiger partial charge in [-0.25, -0.2) is 4.98 Å². The first-order chi connectivity index (χ1) is 13.0. The lowest BCUT2D eigenvalue weighted by Crippen LogP contribution is -2.38. The highest BCUT2D eigenvalue weighted by Gasteiger charge is 2.25. The number of fused-ring (bicyclic) bond motifs is 1. The number of aliphatic hydroxyl groups excluding tert-OH is 1. The second-order valence-corrected chi connectivity index (χ2v) is 8.16. The van der Waals surface area contributed by atoms with E-state index in [-0.39, 0.29) is 6.04 Å². The van der Waals surface area contributed by atoms with Crippen molar-refractivity contribution < 1.29 is 5.11 Å². The third-order valence-electron chi connectivity index (χ3n) is 5.06. The number of aliphatic hydroxyl groups is 1. The second kappa shape index (κ2) is 7.94. The van der Waals surface area contributed by atoms with E-state index in [1.807, 2.05) is 30.3 Å². The number of benzene rings is 2. The first-order valence-electron chi connectivity index (χ1n) is 9.00. The van der Waals surface area contributed by atoms with Crippen molar-refractivity contribution in [3.8, 4) is 11.3 Å². The minimum atomic E-state index is -0.637. The van der Waals surface area contributed by atoms with E-state index in [1.54, 1.807) is 12.1 Å². The molecule has 0 spiro atoms. The van der Waals surface area contributed by atoms with Gasteiger partial charge in [0, 0.05) is 27.0 Å². The monoisotopic (exact) mass is 420 g/mol. The Morgan fingerprint density at radius 2 is 1.78 bits per heavy atom. The minimum Gasteiger partial charge on any atom is -0.387 e. The largest absolute Gasteiger partial charge is 0.387 e. The van der Waals surface area contributed by atoms with E-state index < -0.39 is 6.10 Å². The molecule has 0 saturated carbocycles. The van der Waals surface area contributed by atoms with Gasteiger partial charge in [0.15, 0.2) is 0 Å². The van der Waals surface area contributed by atoms with Gasteiger partial charge in [-0.15, -0.1) is 0 Å². The molecule has 2 unspecified atom stereocenters. The number of aromatic nitrogens is 1. The molecule has 3 aromatic rings. The number of piperidine rings is 1. The molecular weight excluding hydrogens is 403 g/mol. The highest BCUT2D eigenvalue weighted by Crippen LogP contribution is 2.36. The van der Waals surface area contributed by atoms with Crippen molar-refractivity contribution in [2.45, 2.75) is 31.4 Å². The van der Waals surface area contributed by atoms with Crippen molar-refractivity contribution in [1.29, 1.82) is 0 Å². The first-order valence-corrected chi connectivity index (χ1v) is 10.1. The van der Waals surface area contributed by atoms with Crippen LogP contribution in [0, 0.1) is 0 Å². The van der Waals surface area contributed by atoms with Crippen LogP contribution in [-0.2, 0) is 0 Å². The molecule has 0 amide bonds. The summed E-state index contributed by atoms with van der Waals surface area (Å²) in [6.45, 7) is 0.923. The second-order valence-electron chi connectivity index (χ2n) is 6.88. The molecule has 27 heavy (non-hydrogen) atoms. The Balaban J connectivity index is 1.88. The first kappa shape index (κ1) is 19.0. The van der Waals surface area contributed by atoms with Crippen molar-refractivity contribution in [3.05, 3.63) is 63.1 Å². The van der Waals surface area contributed by atoms with Gasteiger partial charge in [0.1, 0.15) is 0 Å². The molecular formula is C21H19Cl3N2O. The van der Waals surface area contributed by atoms with Crippen molar-refractivity contribution in [2.75, 3.05) is 6.54 Å². The SMILES string of the molecule is OC(c1cc(-c2ccc(Cl)cc2Cl)nc2cc(Cl)ccc12)C1CCCCN1. The molecule has 2 aromatic carbocycles. The van der Waals surface area contributed by atoms with E-state index in [9.17, 15) is 5.11 Å². The van der Waals surface area contributed by atoms with Gasteiger partial charge in [0.2, 0.25) is 0 Å². The molecule has 0 bridgehead atoms. The summed E-state index contributed by atoms with van der Waals surface area (Å²) < 4.78 is 0. The third-order valence-corrected chi connectivity index (χ3v) is 5.84. The van der Waals surface area contributed by atoms with E-state index in [2.05, 4.69) is 5.32 Å². The van der Waals surface area contributed by atoms with E-state index in [1.165, 1.54) is 0 Å². The minimum absolute atomic E-state index is 0.0218. The Morgan fingerprint density at radius 3 is 2.52 bits per heavy atom.